The molecule has 1 aromatic heterocycles. The molecule has 2 amide bonds. The number of hydrogen-bond acceptors (Lipinski definition) is 6. The van der Waals surface area contributed by atoms with Gasteiger partial charge in [0.05, 0.1) is 5.69 Å². The van der Waals surface area contributed by atoms with Gasteiger partial charge in [0.25, 0.3) is 5.91 Å². The van der Waals surface area contributed by atoms with Crippen LogP contribution in [-0.4, -0.2) is 35.7 Å². The summed E-state index contributed by atoms with van der Waals surface area (Å²) in [6.45, 7) is 1.66. The number of aldehydes is 1. The van der Waals surface area contributed by atoms with Gasteiger partial charge < -0.3 is 10.1 Å². The third kappa shape index (κ3) is 3.13. The molecule has 24 heavy (non-hydrogen) atoms. The highest BCUT2D eigenvalue weighted by Gasteiger charge is 2.34. The third-order valence-electron chi connectivity index (χ3n) is 3.57. The fraction of sp³-hybridized carbons (Fsp3) is 0.250. The number of aromatic nitrogens is 1. The van der Waals surface area contributed by atoms with Crippen molar-refractivity contribution in [3.63, 3.8) is 0 Å². The number of carbonyl (C=O) groups excluding carboxylic acids is 3. The predicted molar refractivity (Wildman–Crippen MR) is 89.6 cm³/mol. The van der Waals surface area contributed by atoms with Crippen molar-refractivity contribution in [1.29, 1.82) is 0 Å². The molecule has 1 N–H and O–H groups in total. The van der Waals surface area contributed by atoms with Crippen LogP contribution in [-0.2, 0) is 9.59 Å². The topological polar surface area (TPSA) is 88.6 Å². The summed E-state index contributed by atoms with van der Waals surface area (Å²) in [6, 6.07) is 4.80. The zero-order valence-electron chi connectivity index (χ0n) is 12.9. The van der Waals surface area contributed by atoms with Crippen molar-refractivity contribution in [1.82, 2.24) is 4.98 Å². The van der Waals surface area contributed by atoms with E-state index in [-0.39, 0.29) is 18.4 Å². The van der Waals surface area contributed by atoms with Gasteiger partial charge in [-0.15, -0.1) is 11.3 Å². The molecule has 1 aliphatic rings. The van der Waals surface area contributed by atoms with Crippen LogP contribution in [0.2, 0.25) is 0 Å². The standard InChI is InChI=1S/C16H15N3O4S/c1-2-12-15(22)19(8-14(21)18-16-17-5-6-24-16)11-7-10(9-20)3-4-13(11)23-12/h3-7,9,12H,2,8H2,1H3,(H,17,18,21). The van der Waals surface area contributed by atoms with Crippen molar-refractivity contribution in [2.75, 3.05) is 16.8 Å². The maximum atomic E-state index is 12.6. The highest BCUT2D eigenvalue weighted by molar-refractivity contribution is 7.13. The fourth-order valence-corrected chi connectivity index (χ4v) is 2.97. The first-order valence-corrected chi connectivity index (χ1v) is 8.27. The van der Waals surface area contributed by atoms with Crippen molar-refractivity contribution >= 4 is 40.3 Å². The molecule has 2 heterocycles. The lowest BCUT2D eigenvalue weighted by atomic mass is 10.1. The number of amides is 2. The Morgan fingerprint density at radius 2 is 2.33 bits per heavy atom. The van der Waals surface area contributed by atoms with Crippen LogP contribution in [0, 0.1) is 0 Å². The van der Waals surface area contributed by atoms with Crippen LogP contribution in [0.25, 0.3) is 0 Å². The first-order chi connectivity index (χ1) is 11.6. The Morgan fingerprint density at radius 1 is 1.50 bits per heavy atom. The molecular weight excluding hydrogens is 330 g/mol. The summed E-state index contributed by atoms with van der Waals surface area (Å²) in [7, 11) is 0. The Kier molecular flexibility index (Phi) is 4.57. The van der Waals surface area contributed by atoms with E-state index in [4.69, 9.17) is 4.74 Å². The highest BCUT2D eigenvalue weighted by Crippen LogP contribution is 2.35. The predicted octanol–water partition coefficient (Wildman–Crippen LogP) is 2.10. The Balaban J connectivity index is 1.88. The van der Waals surface area contributed by atoms with Gasteiger partial charge in [0.2, 0.25) is 5.91 Å². The summed E-state index contributed by atoms with van der Waals surface area (Å²) < 4.78 is 5.66. The van der Waals surface area contributed by atoms with Gasteiger partial charge in [0.1, 0.15) is 18.6 Å². The Labute approximate surface area is 142 Å². The lowest BCUT2D eigenvalue weighted by Crippen LogP contribution is -2.48. The van der Waals surface area contributed by atoms with E-state index in [1.54, 1.807) is 29.8 Å². The van der Waals surface area contributed by atoms with E-state index in [0.717, 1.165) is 0 Å². The Morgan fingerprint density at radius 3 is 3.00 bits per heavy atom. The molecule has 0 saturated carbocycles. The summed E-state index contributed by atoms with van der Waals surface area (Å²) in [4.78, 5) is 41.1. The van der Waals surface area contributed by atoms with Gasteiger partial charge in [-0.25, -0.2) is 4.98 Å². The monoisotopic (exact) mass is 345 g/mol. The minimum atomic E-state index is -0.646. The minimum Gasteiger partial charge on any atom is -0.478 e. The molecule has 0 saturated heterocycles. The van der Waals surface area contributed by atoms with Crippen LogP contribution in [0.15, 0.2) is 29.8 Å². The lowest BCUT2D eigenvalue weighted by Gasteiger charge is -2.33. The number of hydrogen-bond donors (Lipinski definition) is 1. The maximum Gasteiger partial charge on any atom is 0.268 e. The number of rotatable bonds is 5. The zero-order valence-corrected chi connectivity index (χ0v) is 13.7. The van der Waals surface area contributed by atoms with Gasteiger partial charge in [0, 0.05) is 17.1 Å². The summed E-state index contributed by atoms with van der Waals surface area (Å²) in [5, 5.41) is 4.86. The second kappa shape index (κ2) is 6.79. The van der Waals surface area contributed by atoms with E-state index in [1.165, 1.54) is 16.2 Å². The van der Waals surface area contributed by atoms with Crippen LogP contribution in [0.1, 0.15) is 23.7 Å². The second-order valence-corrected chi connectivity index (χ2v) is 6.06. The Bertz CT molecular complexity index is 776. The largest absolute Gasteiger partial charge is 0.478 e. The van der Waals surface area contributed by atoms with Crippen LogP contribution in [0.4, 0.5) is 10.8 Å². The number of benzene rings is 1. The molecule has 0 spiro atoms. The molecule has 1 atom stereocenters. The number of fused-ring (bicyclic) bond motifs is 1. The van der Waals surface area contributed by atoms with Gasteiger partial charge in [-0.05, 0) is 24.6 Å². The molecule has 8 heteroatoms. The van der Waals surface area contributed by atoms with Crippen LogP contribution >= 0.6 is 11.3 Å². The van der Waals surface area contributed by atoms with Gasteiger partial charge >= 0.3 is 0 Å². The number of nitrogens with one attached hydrogen (secondary N) is 1. The van der Waals surface area contributed by atoms with Crippen molar-refractivity contribution in [3.05, 3.63) is 35.3 Å². The molecule has 3 rings (SSSR count). The SMILES string of the molecule is CCC1Oc2ccc(C=O)cc2N(CC(=O)Nc2nccs2)C1=O. The highest BCUT2D eigenvalue weighted by atomic mass is 32.1. The molecule has 0 aliphatic carbocycles. The van der Waals surface area contributed by atoms with Crippen molar-refractivity contribution in [3.8, 4) is 5.75 Å². The van der Waals surface area contributed by atoms with E-state index in [2.05, 4.69) is 10.3 Å². The lowest BCUT2D eigenvalue weighted by molar-refractivity contribution is -0.128. The molecule has 0 bridgehead atoms. The fourth-order valence-electron chi connectivity index (χ4n) is 2.42. The van der Waals surface area contributed by atoms with Crippen LogP contribution in [0.5, 0.6) is 5.75 Å². The molecule has 124 valence electrons. The van der Waals surface area contributed by atoms with Crippen molar-refractivity contribution in [2.24, 2.45) is 0 Å². The van der Waals surface area contributed by atoms with Gasteiger partial charge in [-0.1, -0.05) is 6.92 Å². The first-order valence-electron chi connectivity index (χ1n) is 7.39. The van der Waals surface area contributed by atoms with Crippen molar-refractivity contribution in [2.45, 2.75) is 19.4 Å². The second-order valence-electron chi connectivity index (χ2n) is 5.17. The number of nitrogens with zero attached hydrogens (tertiary/aromatic N) is 2. The van der Waals surface area contributed by atoms with E-state index >= 15 is 0 Å². The minimum absolute atomic E-state index is 0.173. The van der Waals surface area contributed by atoms with Crippen LogP contribution in [0.3, 0.4) is 0 Å². The number of carbonyl (C=O) groups is 3. The average molecular weight is 345 g/mol. The molecule has 1 aliphatic heterocycles. The summed E-state index contributed by atoms with van der Waals surface area (Å²) in [6.07, 6.45) is 2.11. The molecule has 2 aromatic rings. The van der Waals surface area contributed by atoms with Gasteiger partial charge in [-0.3, -0.25) is 19.3 Å². The average Bonchev–Trinajstić information content (AvgIpc) is 3.09. The van der Waals surface area contributed by atoms with E-state index in [1.807, 2.05) is 6.92 Å². The first kappa shape index (κ1) is 16.1. The molecule has 0 fully saturated rings. The summed E-state index contributed by atoms with van der Waals surface area (Å²) in [5.41, 5.74) is 0.828. The molecule has 0 radical (unpaired) electrons. The molecule has 1 unspecified atom stereocenters. The zero-order chi connectivity index (χ0) is 17.1. The number of ether oxygens (including phenoxy) is 1. The van der Waals surface area contributed by atoms with Gasteiger partial charge in [-0.2, -0.15) is 0 Å². The van der Waals surface area contributed by atoms with E-state index < -0.39 is 6.10 Å². The molecular formula is C16H15N3O4S. The summed E-state index contributed by atoms with van der Waals surface area (Å²) >= 11 is 1.29. The number of anilines is 2. The van der Waals surface area contributed by atoms with E-state index in [0.29, 0.717) is 34.8 Å². The van der Waals surface area contributed by atoms with Gasteiger partial charge in [0.15, 0.2) is 11.2 Å². The maximum absolute atomic E-state index is 12.6. The third-order valence-corrected chi connectivity index (χ3v) is 4.26. The van der Waals surface area contributed by atoms with Crippen LogP contribution < -0.4 is 15.0 Å². The quantitative estimate of drug-likeness (QED) is 0.838. The number of thiazole rings is 1. The van der Waals surface area contributed by atoms with Crippen molar-refractivity contribution < 1.29 is 19.1 Å². The smallest absolute Gasteiger partial charge is 0.268 e. The molecule has 1 aromatic carbocycles. The van der Waals surface area contributed by atoms with E-state index in [9.17, 15) is 14.4 Å². The molecule has 7 nitrogen and oxygen atoms in total. The Hall–Kier alpha value is -2.74. The summed E-state index contributed by atoms with van der Waals surface area (Å²) in [5.74, 6) is -0.186. The normalized spacial score (nSPS) is 16.3.